The van der Waals surface area contributed by atoms with Crippen LogP contribution in [0.4, 0.5) is 29.3 Å². The molecule has 2 N–H and O–H groups in total. The van der Waals surface area contributed by atoms with Crippen LogP contribution in [0.5, 0.6) is 5.75 Å². The molecule has 0 spiro atoms. The molecule has 0 fully saturated rings. The number of carbonyl (C=O) groups excluding carboxylic acids is 1. The normalized spacial score (nSPS) is 10.9. The molecular formula is C21H22F3N5O2. The molecule has 0 bridgehead atoms. The van der Waals surface area contributed by atoms with Crippen LogP contribution in [0.1, 0.15) is 0 Å². The zero-order valence-corrected chi connectivity index (χ0v) is 17.2. The Morgan fingerprint density at radius 2 is 1.87 bits per heavy atom. The van der Waals surface area contributed by atoms with E-state index in [1.807, 2.05) is 19.0 Å². The van der Waals surface area contributed by atoms with Gasteiger partial charge in [0.1, 0.15) is 29.7 Å². The molecule has 0 unspecified atom stereocenters. The number of hydrogen-bond acceptors (Lipinski definition) is 4. The Hall–Kier alpha value is -3.53. The van der Waals surface area contributed by atoms with Crippen molar-refractivity contribution in [3.8, 4) is 17.0 Å². The number of hydrogen-bond donors (Lipinski definition) is 2. The molecule has 31 heavy (non-hydrogen) atoms. The molecule has 0 saturated heterocycles. The van der Waals surface area contributed by atoms with Gasteiger partial charge in [0.25, 0.3) is 0 Å². The Morgan fingerprint density at radius 1 is 1.10 bits per heavy atom. The van der Waals surface area contributed by atoms with E-state index >= 15 is 0 Å². The number of aryl methyl sites for hydroxylation is 1. The number of nitrogens with one attached hydrogen (secondary N) is 2. The number of likely N-dealkylation sites (N-methyl/N-ethyl adjacent to an activating group) is 1. The summed E-state index contributed by atoms with van der Waals surface area (Å²) in [5, 5.41) is 8.76. The third-order valence-corrected chi connectivity index (χ3v) is 4.36. The number of amides is 2. The summed E-state index contributed by atoms with van der Waals surface area (Å²) >= 11 is 0. The average Bonchev–Trinajstić information content (AvgIpc) is 3.03. The van der Waals surface area contributed by atoms with Gasteiger partial charge < -0.3 is 20.3 Å². The predicted molar refractivity (Wildman–Crippen MR) is 112 cm³/mol. The molecule has 0 radical (unpaired) electrons. The van der Waals surface area contributed by atoms with Crippen LogP contribution in [0.25, 0.3) is 11.3 Å². The lowest BCUT2D eigenvalue weighted by Gasteiger charge is -2.16. The minimum Gasteiger partial charge on any atom is -0.492 e. The van der Waals surface area contributed by atoms with Gasteiger partial charge in [-0.3, -0.25) is 4.68 Å². The number of ether oxygens (including phenoxy) is 1. The highest BCUT2D eigenvalue weighted by atomic mass is 19.1. The summed E-state index contributed by atoms with van der Waals surface area (Å²) in [6.07, 6.45) is 1.09. The van der Waals surface area contributed by atoms with Gasteiger partial charge in [0.05, 0.1) is 11.9 Å². The number of anilines is 2. The van der Waals surface area contributed by atoms with Crippen LogP contribution in [-0.2, 0) is 7.05 Å². The Labute approximate surface area is 177 Å². The summed E-state index contributed by atoms with van der Waals surface area (Å²) in [6.45, 7) is 1.02. The molecule has 10 heteroatoms. The third-order valence-electron chi connectivity index (χ3n) is 4.36. The summed E-state index contributed by atoms with van der Waals surface area (Å²) < 4.78 is 48.3. The van der Waals surface area contributed by atoms with Gasteiger partial charge in [-0.05, 0) is 44.4 Å². The lowest BCUT2D eigenvalue weighted by atomic mass is 10.1. The van der Waals surface area contributed by atoms with E-state index in [0.29, 0.717) is 36.2 Å². The standard InChI is InChI=1S/C21H22F3N5O2/c1-28(2)8-9-31-19-7-5-14(11-15(19)20-17(24)12-25-29(20)3)26-21(30)27-18-6-4-13(22)10-16(18)23/h4-7,10-12H,8-9H2,1-3H3,(H2,26,27,30). The molecule has 2 amide bonds. The van der Waals surface area contributed by atoms with Crippen molar-refractivity contribution >= 4 is 17.4 Å². The molecule has 7 nitrogen and oxygen atoms in total. The maximum Gasteiger partial charge on any atom is 0.323 e. The van der Waals surface area contributed by atoms with E-state index in [-0.39, 0.29) is 11.4 Å². The lowest BCUT2D eigenvalue weighted by Crippen LogP contribution is -2.21. The fourth-order valence-electron chi connectivity index (χ4n) is 2.85. The summed E-state index contributed by atoms with van der Waals surface area (Å²) in [6, 6.07) is 6.77. The first-order valence-electron chi connectivity index (χ1n) is 9.37. The van der Waals surface area contributed by atoms with Gasteiger partial charge in [-0.15, -0.1) is 0 Å². The van der Waals surface area contributed by atoms with E-state index < -0.39 is 23.5 Å². The van der Waals surface area contributed by atoms with Crippen LogP contribution < -0.4 is 15.4 Å². The zero-order valence-electron chi connectivity index (χ0n) is 17.2. The van der Waals surface area contributed by atoms with Crippen molar-refractivity contribution in [1.82, 2.24) is 14.7 Å². The van der Waals surface area contributed by atoms with E-state index in [9.17, 15) is 18.0 Å². The second kappa shape index (κ2) is 9.52. The average molecular weight is 433 g/mol. The smallest absolute Gasteiger partial charge is 0.323 e. The lowest BCUT2D eigenvalue weighted by molar-refractivity contribution is 0.261. The molecule has 164 valence electrons. The SMILES string of the molecule is CN(C)CCOc1ccc(NC(=O)Nc2ccc(F)cc2F)cc1-c1c(F)cnn1C. The van der Waals surface area contributed by atoms with Gasteiger partial charge in [0.2, 0.25) is 0 Å². The summed E-state index contributed by atoms with van der Waals surface area (Å²) in [5.74, 6) is -1.79. The zero-order chi connectivity index (χ0) is 22.5. The topological polar surface area (TPSA) is 71.4 Å². The third kappa shape index (κ3) is 5.54. The number of halogens is 3. The molecule has 0 aliphatic rings. The molecule has 0 saturated carbocycles. The van der Waals surface area contributed by atoms with Gasteiger partial charge in [-0.25, -0.2) is 18.0 Å². The van der Waals surface area contributed by atoms with Gasteiger partial charge in [0, 0.05) is 30.9 Å². The van der Waals surface area contributed by atoms with E-state index in [4.69, 9.17) is 4.74 Å². The van der Waals surface area contributed by atoms with E-state index in [1.54, 1.807) is 19.2 Å². The number of urea groups is 1. The second-order valence-electron chi connectivity index (χ2n) is 7.03. The molecule has 0 aliphatic heterocycles. The number of benzene rings is 2. The van der Waals surface area contributed by atoms with Crippen LogP contribution in [0, 0.1) is 17.5 Å². The number of rotatable bonds is 7. The number of carbonyl (C=O) groups is 1. The Balaban J connectivity index is 1.84. The van der Waals surface area contributed by atoms with Crippen LogP contribution >= 0.6 is 0 Å². The van der Waals surface area contributed by atoms with Gasteiger partial charge in [0.15, 0.2) is 5.82 Å². The van der Waals surface area contributed by atoms with Crippen molar-refractivity contribution in [1.29, 1.82) is 0 Å². The first-order valence-corrected chi connectivity index (χ1v) is 9.37. The first kappa shape index (κ1) is 22.2. The fraction of sp³-hybridized carbons (Fsp3) is 0.238. The molecular weight excluding hydrogens is 411 g/mol. The van der Waals surface area contributed by atoms with Gasteiger partial charge >= 0.3 is 6.03 Å². The largest absolute Gasteiger partial charge is 0.492 e. The summed E-state index contributed by atoms with van der Waals surface area (Å²) in [4.78, 5) is 14.2. The molecule has 2 aromatic carbocycles. The minimum absolute atomic E-state index is 0.180. The fourth-order valence-corrected chi connectivity index (χ4v) is 2.85. The monoisotopic (exact) mass is 433 g/mol. The predicted octanol–water partition coefficient (Wildman–Crippen LogP) is 4.09. The molecule has 1 heterocycles. The van der Waals surface area contributed by atoms with Crippen LogP contribution in [-0.4, -0.2) is 48.0 Å². The van der Waals surface area contributed by atoms with Gasteiger partial charge in [-0.2, -0.15) is 5.10 Å². The van der Waals surface area contributed by atoms with Crippen molar-refractivity contribution in [2.75, 3.05) is 37.9 Å². The number of aromatic nitrogens is 2. The molecule has 3 aromatic rings. The van der Waals surface area contributed by atoms with Gasteiger partial charge in [-0.1, -0.05) is 0 Å². The van der Waals surface area contributed by atoms with Crippen LogP contribution in [0.15, 0.2) is 42.6 Å². The Morgan fingerprint density at radius 3 is 2.52 bits per heavy atom. The molecule has 1 aromatic heterocycles. The molecule has 3 rings (SSSR count). The molecule has 0 aliphatic carbocycles. The maximum absolute atomic E-state index is 14.4. The summed E-state index contributed by atoms with van der Waals surface area (Å²) in [5.41, 5.74) is 0.714. The van der Waals surface area contributed by atoms with E-state index in [2.05, 4.69) is 15.7 Å². The highest BCUT2D eigenvalue weighted by Crippen LogP contribution is 2.34. The maximum atomic E-state index is 14.4. The Kier molecular flexibility index (Phi) is 6.81. The van der Waals surface area contributed by atoms with Crippen LogP contribution in [0.3, 0.4) is 0 Å². The van der Waals surface area contributed by atoms with Crippen molar-refractivity contribution in [3.63, 3.8) is 0 Å². The minimum atomic E-state index is -0.905. The highest BCUT2D eigenvalue weighted by molar-refractivity contribution is 6.00. The van der Waals surface area contributed by atoms with E-state index in [0.717, 1.165) is 18.3 Å². The van der Waals surface area contributed by atoms with Crippen molar-refractivity contribution in [2.24, 2.45) is 7.05 Å². The quantitative estimate of drug-likeness (QED) is 0.589. The van der Waals surface area contributed by atoms with Crippen molar-refractivity contribution in [3.05, 3.63) is 60.0 Å². The van der Waals surface area contributed by atoms with Crippen molar-refractivity contribution < 1.29 is 22.7 Å². The Bertz CT molecular complexity index is 1070. The highest BCUT2D eigenvalue weighted by Gasteiger charge is 2.18. The van der Waals surface area contributed by atoms with Crippen molar-refractivity contribution in [2.45, 2.75) is 0 Å². The molecule has 0 atom stereocenters. The number of nitrogens with zero attached hydrogens (tertiary/aromatic N) is 3. The second-order valence-corrected chi connectivity index (χ2v) is 7.03. The first-order chi connectivity index (χ1) is 14.7. The van der Waals surface area contributed by atoms with E-state index in [1.165, 1.54) is 10.7 Å². The summed E-state index contributed by atoms with van der Waals surface area (Å²) in [7, 11) is 5.40. The van der Waals surface area contributed by atoms with Crippen LogP contribution in [0.2, 0.25) is 0 Å².